The number of hydrogen-bond acceptors (Lipinski definition) is 7. The zero-order chi connectivity index (χ0) is 17.1. The molecule has 2 aromatic heterocycles. The molecule has 0 spiro atoms. The van der Waals surface area contributed by atoms with Gasteiger partial charge in [0.05, 0.1) is 22.9 Å². The summed E-state index contributed by atoms with van der Waals surface area (Å²) in [6.45, 7) is 1.82. The molecule has 0 aliphatic rings. The summed E-state index contributed by atoms with van der Waals surface area (Å²) >= 11 is 1.33. The van der Waals surface area contributed by atoms with E-state index in [2.05, 4.69) is 10.1 Å². The number of rotatable bonds is 4. The van der Waals surface area contributed by atoms with Gasteiger partial charge < -0.3 is 4.74 Å². The molecular formula is C16H12N4O3S. The van der Waals surface area contributed by atoms with Gasteiger partial charge in [-0.15, -0.1) is 0 Å². The Hall–Kier alpha value is -3.05. The van der Waals surface area contributed by atoms with E-state index < -0.39 is 5.97 Å². The molecule has 0 unspecified atom stereocenters. The fraction of sp³-hybridized carbons (Fsp3) is 0.188. The largest absolute Gasteiger partial charge is 0.456 e. The number of hydrogen-bond donors (Lipinski definition) is 0. The highest BCUT2D eigenvalue weighted by molar-refractivity contribution is 7.16. The molecule has 8 heteroatoms. The van der Waals surface area contributed by atoms with E-state index in [-0.39, 0.29) is 17.7 Å². The normalized spacial score (nSPS) is 10.5. The number of esters is 1. The van der Waals surface area contributed by atoms with Crippen molar-refractivity contribution in [1.82, 2.24) is 14.6 Å². The van der Waals surface area contributed by atoms with Crippen molar-refractivity contribution in [2.45, 2.75) is 20.0 Å². The van der Waals surface area contributed by atoms with Crippen molar-refractivity contribution >= 4 is 22.3 Å². The van der Waals surface area contributed by atoms with Gasteiger partial charge in [-0.3, -0.25) is 4.79 Å². The Kier molecular flexibility index (Phi) is 4.35. The zero-order valence-corrected chi connectivity index (χ0v) is 13.5. The van der Waals surface area contributed by atoms with Gasteiger partial charge >= 0.3 is 5.97 Å². The first kappa shape index (κ1) is 15.8. The molecule has 0 amide bonds. The summed E-state index contributed by atoms with van der Waals surface area (Å²) in [5.74, 6) is -0.576. The lowest BCUT2D eigenvalue weighted by Gasteiger charge is -2.04. The molecule has 7 nitrogen and oxygen atoms in total. The zero-order valence-electron chi connectivity index (χ0n) is 12.7. The summed E-state index contributed by atoms with van der Waals surface area (Å²) in [5, 5.41) is 13.8. The minimum Gasteiger partial charge on any atom is -0.456 e. The Labute approximate surface area is 140 Å². The van der Waals surface area contributed by atoms with Crippen LogP contribution in [0, 0.1) is 11.3 Å². The molecule has 24 heavy (non-hydrogen) atoms. The Morgan fingerprint density at radius 3 is 3.00 bits per heavy atom. The standard InChI is InChI=1S/C16H12N4O3S/c1-2-13-19-20-14(21)7-12(18-16(20)24-13)9-23-15(22)11-5-3-4-10(6-11)8-17/h3-7H,2,9H2,1H3. The molecule has 3 aromatic rings. The average molecular weight is 340 g/mol. The van der Waals surface area contributed by atoms with E-state index in [1.54, 1.807) is 18.2 Å². The first-order valence-electron chi connectivity index (χ1n) is 7.16. The van der Waals surface area contributed by atoms with E-state index >= 15 is 0 Å². The van der Waals surface area contributed by atoms with E-state index in [0.29, 0.717) is 22.6 Å². The Morgan fingerprint density at radius 1 is 1.42 bits per heavy atom. The van der Waals surface area contributed by atoms with Gasteiger partial charge in [-0.1, -0.05) is 24.3 Å². The first-order chi connectivity index (χ1) is 11.6. The van der Waals surface area contributed by atoms with Crippen LogP contribution in [0.5, 0.6) is 0 Å². The SMILES string of the molecule is CCc1nn2c(=O)cc(COC(=O)c3cccc(C#N)c3)nc2s1. The van der Waals surface area contributed by atoms with Crippen molar-refractivity contribution in [2.75, 3.05) is 0 Å². The maximum atomic E-state index is 12.0. The monoisotopic (exact) mass is 340 g/mol. The summed E-state index contributed by atoms with van der Waals surface area (Å²) in [4.78, 5) is 28.8. The number of aromatic nitrogens is 3. The summed E-state index contributed by atoms with van der Waals surface area (Å²) < 4.78 is 6.42. The van der Waals surface area contributed by atoms with E-state index in [1.807, 2.05) is 13.0 Å². The van der Waals surface area contributed by atoms with Crippen molar-refractivity contribution < 1.29 is 9.53 Å². The minimum absolute atomic E-state index is 0.124. The fourth-order valence-electron chi connectivity index (χ4n) is 2.05. The second-order valence-electron chi connectivity index (χ2n) is 4.90. The molecule has 0 atom stereocenters. The van der Waals surface area contributed by atoms with Gasteiger partial charge in [-0.25, -0.2) is 9.78 Å². The van der Waals surface area contributed by atoms with Crippen molar-refractivity contribution in [1.29, 1.82) is 5.26 Å². The summed E-state index contributed by atoms with van der Waals surface area (Å²) in [6, 6.07) is 9.47. The number of carbonyl (C=O) groups excluding carboxylic acids is 1. The highest BCUT2D eigenvalue weighted by Gasteiger charge is 2.11. The number of ether oxygens (including phenoxy) is 1. The highest BCUT2D eigenvalue weighted by Crippen LogP contribution is 2.12. The molecule has 0 fully saturated rings. The van der Waals surface area contributed by atoms with Crippen LogP contribution in [0.4, 0.5) is 0 Å². The maximum Gasteiger partial charge on any atom is 0.338 e. The van der Waals surface area contributed by atoms with E-state index in [4.69, 9.17) is 10.00 Å². The molecule has 0 saturated heterocycles. The van der Waals surface area contributed by atoms with Crippen LogP contribution in [0.2, 0.25) is 0 Å². The molecule has 0 bridgehead atoms. The summed E-state index contributed by atoms with van der Waals surface area (Å²) in [6.07, 6.45) is 0.715. The number of nitriles is 1. The van der Waals surface area contributed by atoms with Crippen LogP contribution < -0.4 is 5.56 Å². The maximum absolute atomic E-state index is 12.0. The third kappa shape index (κ3) is 3.16. The van der Waals surface area contributed by atoms with Crippen molar-refractivity contribution in [3.63, 3.8) is 0 Å². The van der Waals surface area contributed by atoms with Crippen LogP contribution in [0.15, 0.2) is 35.1 Å². The van der Waals surface area contributed by atoms with Crippen molar-refractivity contribution in [3.8, 4) is 6.07 Å². The van der Waals surface area contributed by atoms with Crippen molar-refractivity contribution in [2.24, 2.45) is 0 Å². The molecule has 120 valence electrons. The molecule has 0 aliphatic carbocycles. The van der Waals surface area contributed by atoms with E-state index in [9.17, 15) is 9.59 Å². The molecule has 0 saturated carbocycles. The van der Waals surface area contributed by atoms with E-state index in [0.717, 1.165) is 5.01 Å². The van der Waals surface area contributed by atoms with Crippen LogP contribution in [0.1, 0.15) is 33.5 Å². The van der Waals surface area contributed by atoms with Gasteiger partial charge in [0.15, 0.2) is 0 Å². The van der Waals surface area contributed by atoms with Gasteiger partial charge in [0.1, 0.15) is 11.6 Å². The first-order valence-corrected chi connectivity index (χ1v) is 7.98. The van der Waals surface area contributed by atoms with Gasteiger partial charge in [0.2, 0.25) is 4.96 Å². The molecule has 3 rings (SSSR count). The van der Waals surface area contributed by atoms with Crippen LogP contribution in [-0.4, -0.2) is 20.6 Å². The van der Waals surface area contributed by atoms with E-state index in [1.165, 1.54) is 28.0 Å². The van der Waals surface area contributed by atoms with Gasteiger partial charge in [0, 0.05) is 6.07 Å². The smallest absolute Gasteiger partial charge is 0.338 e. The number of aryl methyl sites for hydroxylation is 1. The predicted octanol–water partition coefficient (Wildman–Crippen LogP) is 1.94. The Bertz CT molecular complexity index is 1020. The minimum atomic E-state index is -0.576. The average Bonchev–Trinajstić information content (AvgIpc) is 3.03. The fourth-order valence-corrected chi connectivity index (χ4v) is 2.91. The third-order valence-electron chi connectivity index (χ3n) is 3.22. The molecule has 0 radical (unpaired) electrons. The number of benzene rings is 1. The molecular weight excluding hydrogens is 328 g/mol. The molecule has 2 heterocycles. The van der Waals surface area contributed by atoms with Crippen LogP contribution in [-0.2, 0) is 17.8 Å². The van der Waals surface area contributed by atoms with Gasteiger partial charge in [-0.05, 0) is 24.6 Å². The lowest BCUT2D eigenvalue weighted by Crippen LogP contribution is -2.16. The lowest BCUT2D eigenvalue weighted by atomic mass is 10.1. The second kappa shape index (κ2) is 6.60. The van der Waals surface area contributed by atoms with Crippen molar-refractivity contribution in [3.05, 3.63) is 62.5 Å². The Balaban J connectivity index is 1.79. The number of nitrogens with zero attached hydrogens (tertiary/aromatic N) is 4. The molecule has 1 aromatic carbocycles. The van der Waals surface area contributed by atoms with Crippen LogP contribution in [0.25, 0.3) is 4.96 Å². The number of carbonyl (C=O) groups is 1. The Morgan fingerprint density at radius 2 is 2.25 bits per heavy atom. The lowest BCUT2D eigenvalue weighted by molar-refractivity contribution is 0.0467. The topological polar surface area (TPSA) is 97.4 Å². The molecule has 0 N–H and O–H groups in total. The predicted molar refractivity (Wildman–Crippen MR) is 86.8 cm³/mol. The number of fused-ring (bicyclic) bond motifs is 1. The molecule has 0 aliphatic heterocycles. The summed E-state index contributed by atoms with van der Waals surface area (Å²) in [7, 11) is 0. The summed E-state index contributed by atoms with van der Waals surface area (Å²) in [5.41, 5.74) is 0.696. The third-order valence-corrected chi connectivity index (χ3v) is 4.27. The quantitative estimate of drug-likeness (QED) is 0.673. The van der Waals surface area contributed by atoms with Crippen LogP contribution >= 0.6 is 11.3 Å². The van der Waals surface area contributed by atoms with Gasteiger partial charge in [0.25, 0.3) is 5.56 Å². The second-order valence-corrected chi connectivity index (χ2v) is 5.94. The highest BCUT2D eigenvalue weighted by atomic mass is 32.1. The van der Waals surface area contributed by atoms with Gasteiger partial charge in [-0.2, -0.15) is 14.9 Å². The van der Waals surface area contributed by atoms with Crippen LogP contribution in [0.3, 0.4) is 0 Å².